The van der Waals surface area contributed by atoms with E-state index < -0.39 is 11.2 Å². The van der Waals surface area contributed by atoms with Gasteiger partial charge in [-0.3, -0.25) is 18.7 Å². The van der Waals surface area contributed by atoms with E-state index in [1.165, 1.54) is 4.57 Å². The van der Waals surface area contributed by atoms with Gasteiger partial charge >= 0.3 is 5.69 Å². The van der Waals surface area contributed by atoms with Crippen molar-refractivity contribution in [3.05, 3.63) is 97.4 Å². The van der Waals surface area contributed by atoms with Crippen LogP contribution in [0.3, 0.4) is 0 Å². The van der Waals surface area contributed by atoms with Gasteiger partial charge in [0.2, 0.25) is 0 Å². The van der Waals surface area contributed by atoms with E-state index in [9.17, 15) is 14.4 Å². The standard InChI is InChI=1S/C25H26N4O3/c1-5-27-15-26-23-22(27)24(31)29(25(32)28(23)13-19-9-7-6-8-10-19)14-21(30)20-12-17(3)16(2)11-18(20)4/h6-12,15H,5,13-14H2,1-4H3. The fourth-order valence-corrected chi connectivity index (χ4v) is 4.02. The van der Waals surface area contributed by atoms with Gasteiger partial charge in [-0.25, -0.2) is 9.78 Å². The zero-order valence-electron chi connectivity index (χ0n) is 18.8. The van der Waals surface area contributed by atoms with Crippen LogP contribution in [0, 0.1) is 20.8 Å². The third kappa shape index (κ3) is 3.70. The van der Waals surface area contributed by atoms with Crippen LogP contribution in [0.2, 0.25) is 0 Å². The van der Waals surface area contributed by atoms with Crippen LogP contribution in [0.1, 0.15) is 39.5 Å². The molecule has 164 valence electrons. The summed E-state index contributed by atoms with van der Waals surface area (Å²) in [5.74, 6) is -0.266. The Balaban J connectivity index is 1.88. The van der Waals surface area contributed by atoms with Gasteiger partial charge in [-0.2, -0.15) is 0 Å². The predicted molar refractivity (Wildman–Crippen MR) is 124 cm³/mol. The summed E-state index contributed by atoms with van der Waals surface area (Å²) in [6.45, 7) is 8.17. The van der Waals surface area contributed by atoms with Gasteiger partial charge < -0.3 is 4.57 Å². The number of rotatable bonds is 6. The largest absolute Gasteiger partial charge is 0.333 e. The number of ketones is 1. The monoisotopic (exact) mass is 430 g/mol. The molecule has 0 atom stereocenters. The Labute approximate surface area is 185 Å². The van der Waals surface area contributed by atoms with E-state index in [2.05, 4.69) is 4.98 Å². The number of aromatic nitrogens is 4. The van der Waals surface area contributed by atoms with E-state index >= 15 is 0 Å². The maximum atomic E-state index is 13.4. The summed E-state index contributed by atoms with van der Waals surface area (Å²) in [5.41, 5.74) is 3.97. The number of Topliss-reactive ketones (excluding diaryl/α,β-unsaturated/α-hetero) is 1. The highest BCUT2D eigenvalue weighted by Crippen LogP contribution is 2.16. The van der Waals surface area contributed by atoms with Crippen molar-refractivity contribution in [2.75, 3.05) is 0 Å². The lowest BCUT2D eigenvalue weighted by molar-refractivity contribution is 0.0968. The van der Waals surface area contributed by atoms with Gasteiger partial charge in [-0.1, -0.05) is 36.4 Å². The molecule has 0 saturated heterocycles. The smallest absolute Gasteiger partial charge is 0.325 e. The van der Waals surface area contributed by atoms with Crippen molar-refractivity contribution in [1.29, 1.82) is 0 Å². The lowest BCUT2D eigenvalue weighted by Gasteiger charge is -2.13. The lowest BCUT2D eigenvalue weighted by atomic mass is 9.98. The van der Waals surface area contributed by atoms with Crippen LogP contribution in [-0.2, 0) is 19.6 Å². The first-order chi connectivity index (χ1) is 15.3. The predicted octanol–water partition coefficient (Wildman–Crippen LogP) is 3.24. The van der Waals surface area contributed by atoms with Crippen molar-refractivity contribution >= 4 is 16.9 Å². The molecule has 0 fully saturated rings. The number of hydrogen-bond acceptors (Lipinski definition) is 4. The zero-order valence-corrected chi connectivity index (χ0v) is 18.8. The summed E-state index contributed by atoms with van der Waals surface area (Å²) in [6.07, 6.45) is 1.56. The van der Waals surface area contributed by atoms with E-state index in [0.717, 1.165) is 26.8 Å². The molecule has 0 radical (unpaired) electrons. The SMILES string of the molecule is CCn1cnc2c1c(=O)n(CC(=O)c1cc(C)c(C)cc1C)c(=O)n2Cc1ccccc1. The normalized spacial score (nSPS) is 11.2. The second-order valence-corrected chi connectivity index (χ2v) is 8.12. The molecule has 32 heavy (non-hydrogen) atoms. The molecule has 0 aliphatic heterocycles. The maximum Gasteiger partial charge on any atom is 0.333 e. The highest BCUT2D eigenvalue weighted by molar-refractivity contribution is 5.97. The Morgan fingerprint density at radius 1 is 0.938 bits per heavy atom. The molecule has 0 aliphatic rings. The summed E-state index contributed by atoms with van der Waals surface area (Å²) < 4.78 is 4.22. The second-order valence-electron chi connectivity index (χ2n) is 8.12. The van der Waals surface area contributed by atoms with Gasteiger partial charge in [0.05, 0.1) is 19.4 Å². The Bertz CT molecular complexity index is 1440. The first-order valence-electron chi connectivity index (χ1n) is 10.6. The van der Waals surface area contributed by atoms with Crippen LogP contribution in [-0.4, -0.2) is 24.5 Å². The number of aryl methyl sites for hydroxylation is 4. The number of carbonyl (C=O) groups is 1. The first kappa shape index (κ1) is 21.5. The molecule has 0 bridgehead atoms. The minimum atomic E-state index is -0.539. The molecular formula is C25H26N4O3. The van der Waals surface area contributed by atoms with E-state index in [0.29, 0.717) is 23.3 Å². The molecule has 0 saturated carbocycles. The quantitative estimate of drug-likeness (QED) is 0.440. The molecule has 7 nitrogen and oxygen atoms in total. The average Bonchev–Trinajstić information content (AvgIpc) is 3.21. The summed E-state index contributed by atoms with van der Waals surface area (Å²) in [5, 5.41) is 0. The highest BCUT2D eigenvalue weighted by atomic mass is 16.2. The van der Waals surface area contributed by atoms with Crippen LogP contribution in [0.5, 0.6) is 0 Å². The summed E-state index contributed by atoms with van der Waals surface area (Å²) in [6, 6.07) is 13.3. The minimum absolute atomic E-state index is 0.258. The summed E-state index contributed by atoms with van der Waals surface area (Å²) >= 11 is 0. The van der Waals surface area contributed by atoms with E-state index in [1.54, 1.807) is 10.9 Å². The van der Waals surface area contributed by atoms with E-state index in [1.807, 2.05) is 70.2 Å². The van der Waals surface area contributed by atoms with Crippen LogP contribution in [0.15, 0.2) is 58.4 Å². The molecule has 7 heteroatoms. The second kappa shape index (κ2) is 8.42. The molecule has 4 aromatic rings. The van der Waals surface area contributed by atoms with Crippen molar-refractivity contribution in [3.8, 4) is 0 Å². The van der Waals surface area contributed by atoms with Gasteiger partial charge in [0.25, 0.3) is 5.56 Å². The van der Waals surface area contributed by atoms with Gasteiger partial charge in [0, 0.05) is 12.1 Å². The van der Waals surface area contributed by atoms with Crippen molar-refractivity contribution in [2.24, 2.45) is 0 Å². The zero-order chi connectivity index (χ0) is 23.0. The van der Waals surface area contributed by atoms with Crippen molar-refractivity contribution in [2.45, 2.75) is 47.3 Å². The Kier molecular flexibility index (Phi) is 5.65. The number of carbonyl (C=O) groups excluding carboxylic acids is 1. The van der Waals surface area contributed by atoms with E-state index in [-0.39, 0.29) is 18.9 Å². The third-order valence-electron chi connectivity index (χ3n) is 5.95. The topological polar surface area (TPSA) is 78.9 Å². The molecule has 0 spiro atoms. The molecule has 0 unspecified atom stereocenters. The van der Waals surface area contributed by atoms with Crippen LogP contribution in [0.4, 0.5) is 0 Å². The van der Waals surface area contributed by atoms with Gasteiger partial charge in [-0.15, -0.1) is 0 Å². The molecule has 0 amide bonds. The van der Waals surface area contributed by atoms with Gasteiger partial charge in [-0.05, 0) is 56.0 Å². The molecule has 2 aromatic heterocycles. The van der Waals surface area contributed by atoms with E-state index in [4.69, 9.17) is 0 Å². The number of nitrogens with zero attached hydrogens (tertiary/aromatic N) is 4. The van der Waals surface area contributed by atoms with Crippen LogP contribution >= 0.6 is 0 Å². The van der Waals surface area contributed by atoms with Crippen molar-refractivity contribution in [1.82, 2.24) is 18.7 Å². The number of fused-ring (bicyclic) bond motifs is 1. The Morgan fingerprint density at radius 2 is 1.62 bits per heavy atom. The van der Waals surface area contributed by atoms with Crippen LogP contribution in [0.25, 0.3) is 11.2 Å². The van der Waals surface area contributed by atoms with Crippen molar-refractivity contribution < 1.29 is 4.79 Å². The first-order valence-corrected chi connectivity index (χ1v) is 10.6. The molecular weight excluding hydrogens is 404 g/mol. The number of imidazole rings is 1. The Morgan fingerprint density at radius 3 is 2.31 bits per heavy atom. The minimum Gasteiger partial charge on any atom is -0.325 e. The van der Waals surface area contributed by atoms with Gasteiger partial charge in [0.1, 0.15) is 0 Å². The lowest BCUT2D eigenvalue weighted by Crippen LogP contribution is -2.42. The fourth-order valence-electron chi connectivity index (χ4n) is 4.02. The average molecular weight is 431 g/mol. The molecule has 4 rings (SSSR count). The van der Waals surface area contributed by atoms with Crippen LogP contribution < -0.4 is 11.2 Å². The molecule has 2 aromatic carbocycles. The number of benzene rings is 2. The summed E-state index contributed by atoms with van der Waals surface area (Å²) in [4.78, 5) is 44.2. The molecule has 0 aliphatic carbocycles. The van der Waals surface area contributed by atoms with Crippen molar-refractivity contribution in [3.63, 3.8) is 0 Å². The third-order valence-corrected chi connectivity index (χ3v) is 5.95. The Hall–Kier alpha value is -3.74. The molecule has 0 N–H and O–H groups in total. The fraction of sp³-hybridized carbons (Fsp3) is 0.280. The molecule has 2 heterocycles. The highest BCUT2D eigenvalue weighted by Gasteiger charge is 2.21. The number of hydrogen-bond donors (Lipinski definition) is 0. The summed E-state index contributed by atoms with van der Waals surface area (Å²) in [7, 11) is 0. The maximum absolute atomic E-state index is 13.4. The van der Waals surface area contributed by atoms with Gasteiger partial charge in [0.15, 0.2) is 16.9 Å².